The summed E-state index contributed by atoms with van der Waals surface area (Å²) in [5.74, 6) is -0.0689. The van der Waals surface area contributed by atoms with Crippen molar-refractivity contribution >= 4 is 5.91 Å². The number of amides is 1. The average molecular weight is 370 g/mol. The van der Waals surface area contributed by atoms with Gasteiger partial charge in [-0.25, -0.2) is 0 Å². The van der Waals surface area contributed by atoms with Gasteiger partial charge in [0, 0.05) is 18.1 Å². The number of hydrogen-bond acceptors (Lipinski definition) is 2. The van der Waals surface area contributed by atoms with Crippen LogP contribution in [0.25, 0.3) is 5.69 Å². The minimum absolute atomic E-state index is 0.0733. The zero-order valence-corrected chi connectivity index (χ0v) is 14.8. The molecule has 4 nitrogen and oxygen atoms in total. The van der Waals surface area contributed by atoms with Gasteiger partial charge in [0.15, 0.2) is 0 Å². The van der Waals surface area contributed by atoms with Gasteiger partial charge in [-0.15, -0.1) is 0 Å². The van der Waals surface area contributed by atoms with Crippen LogP contribution in [0.1, 0.15) is 24.1 Å². The smallest absolute Gasteiger partial charge is 0.387 e. The van der Waals surface area contributed by atoms with Crippen molar-refractivity contribution in [2.45, 2.75) is 26.0 Å². The molecule has 0 aliphatic rings. The van der Waals surface area contributed by atoms with Crippen molar-refractivity contribution in [1.29, 1.82) is 0 Å². The van der Waals surface area contributed by atoms with E-state index in [9.17, 15) is 13.6 Å². The van der Waals surface area contributed by atoms with Crippen LogP contribution in [0, 0.1) is 0 Å². The number of alkyl halides is 2. The summed E-state index contributed by atoms with van der Waals surface area (Å²) in [6.45, 7) is -1.08. The molecule has 1 unspecified atom stereocenters. The summed E-state index contributed by atoms with van der Waals surface area (Å²) in [4.78, 5) is 12.3. The van der Waals surface area contributed by atoms with Crippen molar-refractivity contribution < 1.29 is 18.3 Å². The van der Waals surface area contributed by atoms with Gasteiger partial charge in [-0.05, 0) is 54.4 Å². The van der Waals surface area contributed by atoms with Gasteiger partial charge < -0.3 is 14.6 Å². The van der Waals surface area contributed by atoms with Gasteiger partial charge in [-0.2, -0.15) is 8.78 Å². The van der Waals surface area contributed by atoms with Gasteiger partial charge in [0.1, 0.15) is 5.75 Å². The van der Waals surface area contributed by atoms with Crippen molar-refractivity contribution in [2.24, 2.45) is 0 Å². The highest BCUT2D eigenvalue weighted by molar-refractivity contribution is 5.79. The van der Waals surface area contributed by atoms with Crippen LogP contribution in [-0.2, 0) is 11.2 Å². The fraction of sp³-hybridized carbons (Fsp3) is 0.190. The normalized spacial score (nSPS) is 12.0. The maximum Gasteiger partial charge on any atom is 0.387 e. The minimum atomic E-state index is -2.88. The van der Waals surface area contributed by atoms with Crippen LogP contribution >= 0.6 is 0 Å². The first-order chi connectivity index (χ1) is 13.0. The number of aromatic nitrogens is 1. The zero-order valence-electron chi connectivity index (χ0n) is 14.8. The standard InChI is InChI=1S/C21H20F2N2O2/c1-15(17-5-4-6-19(14-17)27-21(22)23)24-20(26)13-16-7-9-18(10-8-16)25-11-2-3-12-25/h2-12,14-15,21H,13H2,1H3,(H,24,26). The van der Waals surface area contributed by atoms with Gasteiger partial charge in [0.05, 0.1) is 12.5 Å². The molecule has 2 aromatic carbocycles. The number of hydrogen-bond donors (Lipinski definition) is 1. The van der Waals surface area contributed by atoms with Crippen molar-refractivity contribution in [3.05, 3.63) is 84.2 Å². The molecule has 0 saturated carbocycles. The first-order valence-corrected chi connectivity index (χ1v) is 8.57. The quantitative estimate of drug-likeness (QED) is 0.666. The summed E-state index contributed by atoms with van der Waals surface area (Å²) in [6.07, 6.45) is 4.15. The Labute approximate surface area is 156 Å². The molecule has 0 spiro atoms. The second kappa shape index (κ2) is 8.49. The van der Waals surface area contributed by atoms with Gasteiger partial charge in [0.25, 0.3) is 0 Å². The van der Waals surface area contributed by atoms with Gasteiger partial charge in [-0.1, -0.05) is 24.3 Å². The van der Waals surface area contributed by atoms with Crippen LogP contribution in [0.15, 0.2) is 73.1 Å². The molecule has 0 saturated heterocycles. The van der Waals surface area contributed by atoms with Crippen molar-refractivity contribution in [3.8, 4) is 11.4 Å². The lowest BCUT2D eigenvalue weighted by Gasteiger charge is -2.16. The Morgan fingerprint density at radius 1 is 1.07 bits per heavy atom. The van der Waals surface area contributed by atoms with Crippen LogP contribution in [0.2, 0.25) is 0 Å². The summed E-state index contributed by atoms with van der Waals surface area (Å²) in [5.41, 5.74) is 2.61. The number of carbonyl (C=O) groups is 1. The van der Waals surface area contributed by atoms with E-state index < -0.39 is 6.61 Å². The molecule has 140 valence electrons. The van der Waals surface area contributed by atoms with E-state index in [1.807, 2.05) is 53.4 Å². The van der Waals surface area contributed by atoms with E-state index in [4.69, 9.17) is 0 Å². The number of nitrogens with zero attached hydrogens (tertiary/aromatic N) is 1. The fourth-order valence-electron chi connectivity index (χ4n) is 2.81. The van der Waals surface area contributed by atoms with Crippen LogP contribution in [0.3, 0.4) is 0 Å². The number of halogens is 2. The SMILES string of the molecule is CC(NC(=O)Cc1ccc(-n2cccc2)cc1)c1cccc(OC(F)F)c1. The van der Waals surface area contributed by atoms with Crippen molar-refractivity contribution in [1.82, 2.24) is 9.88 Å². The molecular formula is C21H20F2N2O2. The molecule has 0 radical (unpaired) electrons. The molecule has 1 amide bonds. The summed E-state index contributed by atoms with van der Waals surface area (Å²) >= 11 is 0. The fourth-order valence-corrected chi connectivity index (χ4v) is 2.81. The van der Waals surface area contributed by atoms with E-state index >= 15 is 0 Å². The molecule has 0 aliphatic heterocycles. The lowest BCUT2D eigenvalue weighted by molar-refractivity contribution is -0.121. The maximum atomic E-state index is 12.3. The van der Waals surface area contributed by atoms with E-state index in [1.54, 1.807) is 19.1 Å². The Kier molecular flexibility index (Phi) is 5.86. The minimum Gasteiger partial charge on any atom is -0.435 e. The Bertz CT molecular complexity index is 877. The number of nitrogens with one attached hydrogen (secondary N) is 1. The second-order valence-electron chi connectivity index (χ2n) is 6.17. The lowest BCUT2D eigenvalue weighted by atomic mass is 10.1. The summed E-state index contributed by atoms with van der Waals surface area (Å²) < 4.78 is 31.0. The molecule has 6 heteroatoms. The first kappa shape index (κ1) is 18.6. The average Bonchev–Trinajstić information content (AvgIpc) is 3.16. The van der Waals surface area contributed by atoms with E-state index in [-0.39, 0.29) is 24.1 Å². The summed E-state index contributed by atoms with van der Waals surface area (Å²) in [7, 11) is 0. The number of carbonyl (C=O) groups excluding carboxylic acids is 1. The Balaban J connectivity index is 1.58. The Morgan fingerprint density at radius 3 is 2.44 bits per heavy atom. The molecule has 0 bridgehead atoms. The largest absolute Gasteiger partial charge is 0.435 e. The van der Waals surface area contributed by atoms with Crippen molar-refractivity contribution in [3.63, 3.8) is 0 Å². The molecule has 1 heterocycles. The number of rotatable bonds is 7. The number of ether oxygens (including phenoxy) is 1. The van der Waals surface area contributed by atoms with Crippen LogP contribution < -0.4 is 10.1 Å². The number of benzene rings is 2. The maximum absolute atomic E-state index is 12.3. The van der Waals surface area contributed by atoms with Gasteiger partial charge >= 0.3 is 6.61 Å². The highest BCUT2D eigenvalue weighted by atomic mass is 19.3. The van der Waals surface area contributed by atoms with Crippen LogP contribution in [0.5, 0.6) is 5.75 Å². The van der Waals surface area contributed by atoms with E-state index in [0.717, 1.165) is 11.3 Å². The zero-order chi connectivity index (χ0) is 19.2. The van der Waals surface area contributed by atoms with E-state index in [1.165, 1.54) is 12.1 Å². The van der Waals surface area contributed by atoms with E-state index in [0.29, 0.717) is 5.56 Å². The van der Waals surface area contributed by atoms with Crippen molar-refractivity contribution in [2.75, 3.05) is 0 Å². The third kappa shape index (κ3) is 5.17. The predicted octanol–water partition coefficient (Wildman–Crippen LogP) is 4.50. The Morgan fingerprint density at radius 2 is 1.78 bits per heavy atom. The molecule has 1 atom stereocenters. The summed E-state index contributed by atoms with van der Waals surface area (Å²) in [6, 6.07) is 17.7. The predicted molar refractivity (Wildman–Crippen MR) is 99.1 cm³/mol. The molecule has 3 rings (SSSR count). The third-order valence-corrected chi connectivity index (χ3v) is 4.16. The molecule has 0 aliphatic carbocycles. The monoisotopic (exact) mass is 370 g/mol. The molecule has 3 aromatic rings. The van der Waals surface area contributed by atoms with Gasteiger partial charge in [0.2, 0.25) is 5.91 Å². The topological polar surface area (TPSA) is 43.3 Å². The molecule has 1 aromatic heterocycles. The van der Waals surface area contributed by atoms with Crippen LogP contribution in [0.4, 0.5) is 8.78 Å². The summed E-state index contributed by atoms with van der Waals surface area (Å²) in [5, 5.41) is 2.88. The highest BCUT2D eigenvalue weighted by Crippen LogP contribution is 2.21. The van der Waals surface area contributed by atoms with E-state index in [2.05, 4.69) is 10.1 Å². The highest BCUT2D eigenvalue weighted by Gasteiger charge is 2.12. The van der Waals surface area contributed by atoms with Crippen LogP contribution in [-0.4, -0.2) is 17.1 Å². The molecule has 1 N–H and O–H groups in total. The second-order valence-corrected chi connectivity index (χ2v) is 6.17. The Hall–Kier alpha value is -3.15. The first-order valence-electron chi connectivity index (χ1n) is 8.57. The van der Waals surface area contributed by atoms with Gasteiger partial charge in [-0.3, -0.25) is 4.79 Å². The molecule has 27 heavy (non-hydrogen) atoms. The lowest BCUT2D eigenvalue weighted by Crippen LogP contribution is -2.28. The molecule has 0 fully saturated rings. The third-order valence-electron chi connectivity index (χ3n) is 4.16. The molecular weight excluding hydrogens is 350 g/mol.